The second-order valence-corrected chi connectivity index (χ2v) is 18.8. The van der Waals surface area contributed by atoms with Gasteiger partial charge in [-0.05, 0) is 115 Å². The van der Waals surface area contributed by atoms with Crippen molar-refractivity contribution in [2.75, 3.05) is 26.3 Å². The van der Waals surface area contributed by atoms with Crippen LogP contribution in [0.1, 0.15) is 149 Å². The molecule has 0 radical (unpaired) electrons. The van der Waals surface area contributed by atoms with Crippen LogP contribution in [0.2, 0.25) is 15.1 Å². The molecule has 6 rings (SSSR count). The summed E-state index contributed by atoms with van der Waals surface area (Å²) in [6.45, 7) is 7.67. The highest BCUT2D eigenvalue weighted by Gasteiger charge is 2.47. The molecule has 2 fully saturated rings. The van der Waals surface area contributed by atoms with E-state index < -0.39 is 5.60 Å². The maximum Gasteiger partial charge on any atom is 0.271 e. The van der Waals surface area contributed by atoms with Crippen LogP contribution in [-0.2, 0) is 21.7 Å². The van der Waals surface area contributed by atoms with Crippen LogP contribution in [0.4, 0.5) is 0 Å². The Balaban J connectivity index is 0.864. The van der Waals surface area contributed by atoms with E-state index >= 15 is 0 Å². The number of rotatable bonds is 28. The van der Waals surface area contributed by atoms with E-state index in [-0.39, 0.29) is 36.3 Å². The molecule has 0 saturated heterocycles. The Morgan fingerprint density at radius 3 is 2.10 bits per heavy atom. The average molecular weight is 988 g/mol. The predicted molar refractivity (Wildman–Crippen MR) is 273 cm³/mol. The van der Waals surface area contributed by atoms with Crippen molar-refractivity contribution in [1.82, 2.24) is 25.6 Å². The summed E-state index contributed by atoms with van der Waals surface area (Å²) >= 11 is 19.9. The van der Waals surface area contributed by atoms with E-state index in [9.17, 15) is 14.7 Å². The van der Waals surface area contributed by atoms with Gasteiger partial charge < -0.3 is 29.7 Å². The smallest absolute Gasteiger partial charge is 0.271 e. The second kappa shape index (κ2) is 26.7. The summed E-state index contributed by atoms with van der Waals surface area (Å²) in [6.07, 6.45) is 31.6. The average Bonchev–Trinajstić information content (AvgIpc) is 3.91. The number of carbonyl (C=O) groups excluding carboxylic acids is 2. The van der Waals surface area contributed by atoms with Gasteiger partial charge in [0.2, 0.25) is 5.91 Å². The van der Waals surface area contributed by atoms with Crippen LogP contribution in [0.25, 0.3) is 11.3 Å². The third-order valence-electron chi connectivity index (χ3n) is 11.9. The third-order valence-corrected chi connectivity index (χ3v) is 12.8. The van der Waals surface area contributed by atoms with Crippen LogP contribution in [0, 0.1) is 0 Å². The number of aromatic nitrogens is 3. The Labute approximate surface area is 416 Å². The summed E-state index contributed by atoms with van der Waals surface area (Å²) in [5, 5.41) is 27.9. The molecule has 68 heavy (non-hydrogen) atoms. The van der Waals surface area contributed by atoms with Crippen molar-refractivity contribution in [1.29, 1.82) is 0 Å². The predicted octanol–water partition coefficient (Wildman–Crippen LogP) is 13.1. The zero-order chi connectivity index (χ0) is 48.3. The summed E-state index contributed by atoms with van der Waals surface area (Å²) in [5.41, 5.74) is 2.59. The lowest BCUT2D eigenvalue weighted by Crippen LogP contribution is -2.41. The number of hydrogen-bond donors (Lipinski definition) is 3. The van der Waals surface area contributed by atoms with Crippen LogP contribution >= 0.6 is 34.8 Å². The Morgan fingerprint density at radius 1 is 0.853 bits per heavy atom. The zero-order valence-corrected chi connectivity index (χ0v) is 41.8. The number of nitrogens with one attached hydrogen (secondary N) is 2. The molecule has 2 aromatic heterocycles. The van der Waals surface area contributed by atoms with Crippen LogP contribution in [0.3, 0.4) is 0 Å². The normalized spacial score (nSPS) is 17.4. The molecule has 2 saturated carbocycles. The molecule has 4 aromatic rings. The number of carbonyl (C=O) groups is 2. The van der Waals surface area contributed by atoms with E-state index in [4.69, 9.17) is 48.8 Å². The molecule has 2 aromatic carbocycles. The quantitative estimate of drug-likeness (QED) is 0.0377. The lowest BCUT2D eigenvalue weighted by atomic mass is 9.66. The van der Waals surface area contributed by atoms with Gasteiger partial charge >= 0.3 is 0 Å². The van der Waals surface area contributed by atoms with E-state index in [1.807, 2.05) is 18.5 Å². The topological polar surface area (TPSA) is 141 Å². The third kappa shape index (κ3) is 15.3. The molecule has 0 aliphatic heterocycles. The number of hydrogen-bond acceptors (Lipinski definition) is 8. The van der Waals surface area contributed by atoms with Gasteiger partial charge in [0, 0.05) is 54.2 Å². The number of benzene rings is 2. The Kier molecular flexibility index (Phi) is 20.6. The van der Waals surface area contributed by atoms with Crippen LogP contribution < -0.4 is 15.4 Å². The fraction of sp³-hybridized carbons (Fsp3) is 0.444. The molecule has 14 heteroatoms. The van der Waals surface area contributed by atoms with Gasteiger partial charge in [0.05, 0.1) is 39.4 Å². The molecule has 0 unspecified atom stereocenters. The first-order valence-electron chi connectivity index (χ1n) is 24.0. The monoisotopic (exact) mass is 985 g/mol. The molecule has 0 atom stereocenters. The fourth-order valence-corrected chi connectivity index (χ4v) is 9.04. The molecular weight excluding hydrogens is 921 g/mol. The Morgan fingerprint density at radius 2 is 1.49 bits per heavy atom. The minimum Gasteiger partial charge on any atom is -0.489 e. The minimum absolute atomic E-state index is 0.0000783. The molecule has 0 spiro atoms. The van der Waals surface area contributed by atoms with E-state index in [0.717, 1.165) is 74.8 Å². The second-order valence-electron chi connectivity index (χ2n) is 17.6. The van der Waals surface area contributed by atoms with Crippen LogP contribution in [-0.4, -0.2) is 58.2 Å². The molecule has 0 bridgehead atoms. The summed E-state index contributed by atoms with van der Waals surface area (Å²) in [4.78, 5) is 25.4. The molecule has 3 N–H and O–H groups in total. The number of aliphatic hydroxyl groups is 1. The highest BCUT2D eigenvalue weighted by atomic mass is 35.5. The van der Waals surface area contributed by atoms with Crippen molar-refractivity contribution >= 4 is 46.6 Å². The van der Waals surface area contributed by atoms with Gasteiger partial charge in [-0.25, -0.2) is 0 Å². The van der Waals surface area contributed by atoms with Crippen LogP contribution in [0.15, 0.2) is 108 Å². The molecule has 11 nitrogen and oxygen atoms in total. The van der Waals surface area contributed by atoms with Gasteiger partial charge in [0.15, 0.2) is 0 Å². The number of unbranched alkanes of at least 4 members (excludes halogenated alkanes) is 1. The summed E-state index contributed by atoms with van der Waals surface area (Å²) in [7, 11) is 0. The van der Waals surface area contributed by atoms with E-state index in [1.54, 1.807) is 42.5 Å². The lowest BCUT2D eigenvalue weighted by molar-refractivity contribution is -0.121. The van der Waals surface area contributed by atoms with Crippen molar-refractivity contribution in [3.05, 3.63) is 147 Å². The SMILES string of the molecule is CCC=CCC=CCC=CCC=CCC=CCCCC(=O)NCCOCCNC(=O)c1cc(C2CC(O)(c3ccc(OCc4c(-c5c(Cl)cccc5Cl)noc4C4CC4)cc3Cl)C2)n(C(C)C)n1. The first kappa shape index (κ1) is 52.5. The van der Waals surface area contributed by atoms with Gasteiger partial charge in [-0.1, -0.05) is 120 Å². The first-order valence-corrected chi connectivity index (χ1v) is 25.2. The molecule has 2 aliphatic carbocycles. The summed E-state index contributed by atoms with van der Waals surface area (Å²) in [5.74, 6) is 1.24. The Bertz CT molecular complexity index is 2400. The molecule has 2 heterocycles. The highest BCUT2D eigenvalue weighted by molar-refractivity contribution is 6.39. The standard InChI is InChI=1S/C54H66Cl3N5O6/c1-4-5-6-7-8-9-10-11-12-13-14-15-16-17-18-19-20-24-49(63)58-29-31-66-32-30-59-53(64)47-34-48(62(60-47)38(2)3)40-35-54(65,36-40)43-28-27-41(33-46(43)57)67-37-42-51(61-68-52(42)39-25-26-39)50-44(55)22-21-23-45(50)56/h5-6,8-9,11-12,14-15,17-18,21-23,27-28,33-34,38-40,65H,4,7,10,13,16,19-20,24-26,29-32,35-37H2,1-3H3,(H,58,63)(H,59,64). The fourth-order valence-electron chi connectivity index (χ4n) is 8.12. The number of allylic oxidation sites excluding steroid dienone is 10. The van der Waals surface area contributed by atoms with E-state index in [0.29, 0.717) is 88.9 Å². The van der Waals surface area contributed by atoms with Crippen LogP contribution in [0.5, 0.6) is 5.75 Å². The molecule has 2 amide bonds. The largest absolute Gasteiger partial charge is 0.489 e. The van der Waals surface area contributed by atoms with Crippen molar-refractivity contribution in [3.8, 4) is 17.0 Å². The number of amides is 2. The zero-order valence-electron chi connectivity index (χ0n) is 39.5. The highest BCUT2D eigenvalue weighted by Crippen LogP contribution is 2.53. The maximum absolute atomic E-state index is 13.2. The summed E-state index contributed by atoms with van der Waals surface area (Å²) in [6, 6.07) is 12.4. The molecule has 364 valence electrons. The van der Waals surface area contributed by atoms with Crippen molar-refractivity contribution in [3.63, 3.8) is 0 Å². The minimum atomic E-state index is -1.16. The van der Waals surface area contributed by atoms with E-state index in [2.05, 4.69) is 88.6 Å². The van der Waals surface area contributed by atoms with Crippen molar-refractivity contribution < 1.29 is 28.7 Å². The van der Waals surface area contributed by atoms with Gasteiger partial charge in [-0.15, -0.1) is 0 Å². The number of nitrogens with zero attached hydrogens (tertiary/aromatic N) is 3. The maximum atomic E-state index is 13.2. The van der Waals surface area contributed by atoms with E-state index in [1.165, 1.54) is 0 Å². The summed E-state index contributed by atoms with van der Waals surface area (Å²) < 4.78 is 19.5. The van der Waals surface area contributed by atoms with Gasteiger partial charge in [-0.3, -0.25) is 14.3 Å². The number of ether oxygens (including phenoxy) is 2. The molecule has 2 aliphatic rings. The van der Waals surface area contributed by atoms with Crippen molar-refractivity contribution in [2.24, 2.45) is 0 Å². The Hall–Kier alpha value is -4.91. The van der Waals surface area contributed by atoms with Gasteiger partial charge in [-0.2, -0.15) is 5.10 Å². The number of halogens is 3. The first-order chi connectivity index (χ1) is 33.0. The molecular formula is C54H66Cl3N5O6. The van der Waals surface area contributed by atoms with Gasteiger partial charge in [0.1, 0.15) is 29.5 Å². The van der Waals surface area contributed by atoms with Crippen molar-refractivity contribution in [2.45, 2.75) is 128 Å². The lowest BCUT2D eigenvalue weighted by Gasteiger charge is -2.44. The van der Waals surface area contributed by atoms with Gasteiger partial charge in [0.25, 0.3) is 5.91 Å².